The van der Waals surface area contributed by atoms with Crippen molar-refractivity contribution in [2.24, 2.45) is 0 Å². The summed E-state index contributed by atoms with van der Waals surface area (Å²) in [6, 6.07) is 10.1. The zero-order valence-corrected chi connectivity index (χ0v) is 12.6. The Morgan fingerprint density at radius 3 is 2.50 bits per heavy atom. The molecular formula is C18H19NO3. The van der Waals surface area contributed by atoms with Gasteiger partial charge in [-0.05, 0) is 30.9 Å². The first-order chi connectivity index (χ1) is 10.6. The van der Waals surface area contributed by atoms with E-state index in [2.05, 4.69) is 24.0 Å². The molecule has 0 fully saturated rings. The molecule has 0 unspecified atom stereocenters. The number of esters is 1. The second-order valence-electron chi connectivity index (χ2n) is 5.11. The molecule has 0 radical (unpaired) electrons. The first kappa shape index (κ1) is 15.8. The molecular weight excluding hydrogens is 278 g/mol. The summed E-state index contributed by atoms with van der Waals surface area (Å²) in [4.78, 5) is 23.2. The molecule has 1 amide bonds. The highest BCUT2D eigenvalue weighted by Gasteiger charge is 2.15. The van der Waals surface area contributed by atoms with Gasteiger partial charge in [0.25, 0.3) is 0 Å². The summed E-state index contributed by atoms with van der Waals surface area (Å²) in [5.74, 6) is -0.720. The van der Waals surface area contributed by atoms with Gasteiger partial charge in [0.15, 0.2) is 6.73 Å². The van der Waals surface area contributed by atoms with Gasteiger partial charge in [0.2, 0.25) is 5.91 Å². The van der Waals surface area contributed by atoms with Crippen molar-refractivity contribution in [2.45, 2.75) is 19.8 Å². The molecule has 0 spiro atoms. The fourth-order valence-electron chi connectivity index (χ4n) is 2.11. The lowest BCUT2D eigenvalue weighted by Crippen LogP contribution is -2.28. The van der Waals surface area contributed by atoms with Gasteiger partial charge in [-0.1, -0.05) is 49.1 Å². The van der Waals surface area contributed by atoms with E-state index in [0.717, 1.165) is 6.42 Å². The molecule has 2 rings (SSSR count). The van der Waals surface area contributed by atoms with Gasteiger partial charge in [-0.25, -0.2) is 4.79 Å². The number of ether oxygens (including phenoxy) is 1. The Kier molecular flexibility index (Phi) is 5.31. The maximum atomic E-state index is 11.9. The molecule has 0 aromatic heterocycles. The van der Waals surface area contributed by atoms with Crippen molar-refractivity contribution in [2.75, 3.05) is 6.73 Å². The summed E-state index contributed by atoms with van der Waals surface area (Å²) in [5.41, 5.74) is 3.36. The zero-order chi connectivity index (χ0) is 15.9. The molecule has 1 aromatic carbocycles. The Labute approximate surface area is 130 Å². The fourth-order valence-corrected chi connectivity index (χ4v) is 2.11. The Balaban J connectivity index is 1.90. The second kappa shape index (κ2) is 7.41. The van der Waals surface area contributed by atoms with Gasteiger partial charge in [0.1, 0.15) is 0 Å². The third kappa shape index (κ3) is 4.19. The maximum absolute atomic E-state index is 11.9. The molecule has 4 heteroatoms. The van der Waals surface area contributed by atoms with Crippen molar-refractivity contribution < 1.29 is 14.3 Å². The quantitative estimate of drug-likeness (QED) is 0.516. The van der Waals surface area contributed by atoms with Crippen molar-refractivity contribution in [1.29, 1.82) is 0 Å². The van der Waals surface area contributed by atoms with Crippen molar-refractivity contribution in [3.05, 3.63) is 65.8 Å². The minimum atomic E-state index is -0.398. The zero-order valence-electron chi connectivity index (χ0n) is 12.6. The van der Waals surface area contributed by atoms with Crippen LogP contribution >= 0.6 is 0 Å². The number of rotatable bonds is 5. The van der Waals surface area contributed by atoms with E-state index in [1.54, 1.807) is 13.0 Å². The average Bonchev–Trinajstić information content (AvgIpc) is 2.55. The number of amides is 1. The summed E-state index contributed by atoms with van der Waals surface area (Å²) in [6.07, 6.45) is 5.16. The van der Waals surface area contributed by atoms with Crippen LogP contribution in [-0.2, 0) is 14.3 Å². The Hall–Kier alpha value is -2.62. The van der Waals surface area contributed by atoms with Gasteiger partial charge in [-0.15, -0.1) is 0 Å². The SMILES string of the molecule is C=C(C)C(=O)NCOC(=O)C1=CC=C(c2ccccc2)CC1. The van der Waals surface area contributed by atoms with Gasteiger partial charge in [-0.3, -0.25) is 4.79 Å². The van der Waals surface area contributed by atoms with Crippen LogP contribution < -0.4 is 5.32 Å². The van der Waals surface area contributed by atoms with Crippen LogP contribution in [0.15, 0.2) is 60.2 Å². The van der Waals surface area contributed by atoms with E-state index in [1.807, 2.05) is 24.3 Å². The van der Waals surface area contributed by atoms with Crippen LogP contribution in [0.2, 0.25) is 0 Å². The summed E-state index contributed by atoms with van der Waals surface area (Å²) < 4.78 is 5.03. The van der Waals surface area contributed by atoms with Crippen molar-refractivity contribution >= 4 is 17.4 Å². The van der Waals surface area contributed by atoms with E-state index >= 15 is 0 Å². The van der Waals surface area contributed by atoms with Crippen molar-refractivity contribution in [1.82, 2.24) is 5.32 Å². The van der Waals surface area contributed by atoms with Crippen LogP contribution in [0.3, 0.4) is 0 Å². The minimum Gasteiger partial charge on any atom is -0.441 e. The van der Waals surface area contributed by atoms with Crippen LogP contribution in [-0.4, -0.2) is 18.6 Å². The maximum Gasteiger partial charge on any atom is 0.335 e. The molecule has 0 aliphatic heterocycles. The number of hydrogen-bond acceptors (Lipinski definition) is 3. The lowest BCUT2D eigenvalue weighted by Gasteiger charge is -2.14. The molecule has 0 atom stereocenters. The smallest absolute Gasteiger partial charge is 0.335 e. The highest BCUT2D eigenvalue weighted by molar-refractivity contribution is 5.93. The number of carbonyl (C=O) groups is 2. The summed E-state index contributed by atoms with van der Waals surface area (Å²) in [7, 11) is 0. The standard InChI is InChI=1S/C18H19NO3/c1-13(2)17(20)19-12-22-18(21)16-10-8-15(9-11-16)14-6-4-3-5-7-14/h3-8,10H,1,9,11-12H2,2H3,(H,19,20). The molecule has 1 N–H and O–H groups in total. The predicted octanol–water partition coefficient (Wildman–Crippen LogP) is 2.98. The molecule has 0 bridgehead atoms. The molecule has 0 heterocycles. The van der Waals surface area contributed by atoms with Crippen LogP contribution in [0.5, 0.6) is 0 Å². The van der Waals surface area contributed by atoms with Gasteiger partial charge >= 0.3 is 5.97 Å². The van der Waals surface area contributed by atoms with Gasteiger partial charge in [0, 0.05) is 11.1 Å². The minimum absolute atomic E-state index is 0.142. The average molecular weight is 297 g/mol. The van der Waals surface area contributed by atoms with E-state index in [4.69, 9.17) is 4.74 Å². The topological polar surface area (TPSA) is 55.4 Å². The largest absolute Gasteiger partial charge is 0.441 e. The highest BCUT2D eigenvalue weighted by Crippen LogP contribution is 2.26. The van der Waals surface area contributed by atoms with Crippen LogP contribution in [0, 0.1) is 0 Å². The number of benzene rings is 1. The van der Waals surface area contributed by atoms with E-state index in [-0.39, 0.29) is 12.6 Å². The Bertz CT molecular complexity index is 642. The molecule has 4 nitrogen and oxygen atoms in total. The molecule has 114 valence electrons. The van der Waals surface area contributed by atoms with E-state index in [0.29, 0.717) is 17.6 Å². The van der Waals surface area contributed by atoms with Gasteiger partial charge in [0.05, 0.1) is 0 Å². The monoisotopic (exact) mass is 297 g/mol. The summed E-state index contributed by atoms with van der Waals surface area (Å²) in [5, 5.41) is 2.46. The molecule has 1 aromatic rings. The van der Waals surface area contributed by atoms with Gasteiger partial charge in [-0.2, -0.15) is 0 Å². The molecule has 0 saturated heterocycles. The first-order valence-electron chi connectivity index (χ1n) is 7.14. The predicted molar refractivity (Wildman–Crippen MR) is 85.7 cm³/mol. The number of carbonyl (C=O) groups excluding carboxylic acids is 2. The molecule has 1 aliphatic rings. The number of nitrogens with one attached hydrogen (secondary N) is 1. The lowest BCUT2D eigenvalue weighted by molar-refractivity contribution is -0.140. The second-order valence-corrected chi connectivity index (χ2v) is 5.11. The Morgan fingerprint density at radius 2 is 1.91 bits per heavy atom. The molecule has 22 heavy (non-hydrogen) atoms. The third-order valence-electron chi connectivity index (χ3n) is 3.38. The van der Waals surface area contributed by atoms with Crippen LogP contribution in [0.1, 0.15) is 25.3 Å². The summed E-state index contributed by atoms with van der Waals surface area (Å²) in [6.45, 7) is 4.96. The lowest BCUT2D eigenvalue weighted by atomic mass is 9.93. The van der Waals surface area contributed by atoms with E-state index in [1.165, 1.54) is 11.1 Å². The molecule has 0 saturated carbocycles. The summed E-state index contributed by atoms with van der Waals surface area (Å²) >= 11 is 0. The van der Waals surface area contributed by atoms with E-state index in [9.17, 15) is 9.59 Å². The fraction of sp³-hybridized carbons (Fsp3) is 0.222. The van der Waals surface area contributed by atoms with Crippen molar-refractivity contribution in [3.8, 4) is 0 Å². The van der Waals surface area contributed by atoms with E-state index < -0.39 is 5.97 Å². The molecule has 1 aliphatic carbocycles. The number of hydrogen-bond donors (Lipinski definition) is 1. The normalized spacial score (nSPS) is 13.7. The van der Waals surface area contributed by atoms with Gasteiger partial charge < -0.3 is 10.1 Å². The van der Waals surface area contributed by atoms with Crippen LogP contribution in [0.4, 0.5) is 0 Å². The number of allylic oxidation sites excluding steroid dienone is 3. The van der Waals surface area contributed by atoms with Crippen LogP contribution in [0.25, 0.3) is 5.57 Å². The highest BCUT2D eigenvalue weighted by atomic mass is 16.5. The first-order valence-corrected chi connectivity index (χ1v) is 7.14. The third-order valence-corrected chi connectivity index (χ3v) is 3.38. The van der Waals surface area contributed by atoms with Crippen molar-refractivity contribution in [3.63, 3.8) is 0 Å². The Morgan fingerprint density at radius 1 is 1.18 bits per heavy atom.